The summed E-state index contributed by atoms with van der Waals surface area (Å²) in [5.41, 5.74) is 2.91. The van der Waals surface area contributed by atoms with Gasteiger partial charge in [0.25, 0.3) is 6.01 Å². The van der Waals surface area contributed by atoms with Crippen molar-refractivity contribution in [2.24, 2.45) is 11.8 Å². The van der Waals surface area contributed by atoms with E-state index in [-0.39, 0.29) is 0 Å². The SMILES string of the molecule is Cc1ccc2oc(N3CCN(C(=O)CC(C)C4CCNCC4)CC3)nc2c1. The number of nitrogens with zero attached hydrogens (tertiary/aromatic N) is 3. The number of rotatable bonds is 4. The number of piperazine rings is 1. The molecule has 1 aromatic carbocycles. The number of nitrogens with one attached hydrogen (secondary N) is 1. The van der Waals surface area contributed by atoms with Gasteiger partial charge in [-0.15, -0.1) is 0 Å². The minimum atomic E-state index is 0.300. The maximum atomic E-state index is 12.7. The zero-order valence-electron chi connectivity index (χ0n) is 16.4. The van der Waals surface area contributed by atoms with Crippen molar-refractivity contribution in [2.75, 3.05) is 44.2 Å². The third kappa shape index (κ3) is 4.10. The minimum absolute atomic E-state index is 0.300. The molecule has 1 unspecified atom stereocenters. The van der Waals surface area contributed by atoms with Crippen molar-refractivity contribution in [1.29, 1.82) is 0 Å². The highest BCUT2D eigenvalue weighted by Gasteiger charge is 2.27. The van der Waals surface area contributed by atoms with E-state index in [2.05, 4.69) is 29.0 Å². The molecule has 2 fully saturated rings. The molecule has 0 aliphatic carbocycles. The van der Waals surface area contributed by atoms with Crippen LogP contribution in [-0.2, 0) is 4.79 Å². The first-order valence-electron chi connectivity index (χ1n) is 10.2. The number of carbonyl (C=O) groups is 1. The normalized spacial score (nSPS) is 20.2. The van der Waals surface area contributed by atoms with Crippen LogP contribution in [0.1, 0.15) is 31.7 Å². The van der Waals surface area contributed by atoms with Crippen LogP contribution in [0.5, 0.6) is 0 Å². The van der Waals surface area contributed by atoms with E-state index in [1.165, 1.54) is 18.4 Å². The fourth-order valence-corrected chi connectivity index (χ4v) is 4.29. The van der Waals surface area contributed by atoms with Gasteiger partial charge in [-0.1, -0.05) is 13.0 Å². The van der Waals surface area contributed by atoms with Gasteiger partial charge in [-0.25, -0.2) is 0 Å². The van der Waals surface area contributed by atoms with E-state index < -0.39 is 0 Å². The molecule has 6 heteroatoms. The van der Waals surface area contributed by atoms with Crippen molar-refractivity contribution < 1.29 is 9.21 Å². The number of anilines is 1. The summed E-state index contributed by atoms with van der Waals surface area (Å²) in [7, 11) is 0. The molecule has 1 atom stereocenters. The molecule has 4 rings (SSSR count). The Labute approximate surface area is 160 Å². The zero-order chi connectivity index (χ0) is 18.8. The summed E-state index contributed by atoms with van der Waals surface area (Å²) in [4.78, 5) is 21.5. The van der Waals surface area contributed by atoms with Crippen molar-refractivity contribution in [2.45, 2.75) is 33.1 Å². The smallest absolute Gasteiger partial charge is 0.298 e. The summed E-state index contributed by atoms with van der Waals surface area (Å²) in [5.74, 6) is 1.45. The number of fused-ring (bicyclic) bond motifs is 1. The number of carbonyl (C=O) groups excluding carboxylic acids is 1. The topological polar surface area (TPSA) is 61.6 Å². The number of oxazole rings is 1. The molecule has 146 valence electrons. The molecule has 2 saturated heterocycles. The first kappa shape index (κ1) is 18.3. The summed E-state index contributed by atoms with van der Waals surface area (Å²) in [6.45, 7) is 9.52. The number of hydrogen-bond acceptors (Lipinski definition) is 5. The van der Waals surface area contributed by atoms with Crippen molar-refractivity contribution in [3.05, 3.63) is 23.8 Å². The van der Waals surface area contributed by atoms with Crippen LogP contribution >= 0.6 is 0 Å². The Morgan fingerprint density at radius 1 is 1.26 bits per heavy atom. The van der Waals surface area contributed by atoms with Crippen LogP contribution < -0.4 is 10.2 Å². The Kier molecular flexibility index (Phi) is 5.34. The molecule has 1 N–H and O–H groups in total. The molecule has 2 aromatic rings. The van der Waals surface area contributed by atoms with Gasteiger partial charge in [-0.05, 0) is 62.4 Å². The summed E-state index contributed by atoms with van der Waals surface area (Å²) in [6, 6.07) is 6.73. The molecule has 2 aliphatic rings. The number of aryl methyl sites for hydroxylation is 1. The van der Waals surface area contributed by atoms with Crippen molar-refractivity contribution in [3.63, 3.8) is 0 Å². The fourth-order valence-electron chi connectivity index (χ4n) is 4.29. The van der Waals surface area contributed by atoms with Crippen LogP contribution in [-0.4, -0.2) is 55.1 Å². The van der Waals surface area contributed by atoms with Gasteiger partial charge in [0, 0.05) is 32.6 Å². The second-order valence-corrected chi connectivity index (χ2v) is 8.10. The van der Waals surface area contributed by atoms with Crippen LogP contribution in [0.25, 0.3) is 11.1 Å². The molecule has 0 spiro atoms. The highest BCUT2D eigenvalue weighted by Crippen LogP contribution is 2.26. The molecular weight excluding hydrogens is 340 g/mol. The minimum Gasteiger partial charge on any atom is -0.423 e. The zero-order valence-corrected chi connectivity index (χ0v) is 16.4. The van der Waals surface area contributed by atoms with E-state index in [0.717, 1.165) is 50.4 Å². The standard InChI is InChI=1S/C21H30N4O2/c1-15-3-4-19-18(13-15)23-21(27-19)25-11-9-24(10-12-25)20(26)14-16(2)17-5-7-22-8-6-17/h3-4,13,16-17,22H,5-12,14H2,1-2H3. The third-order valence-corrected chi connectivity index (χ3v) is 6.12. The monoisotopic (exact) mass is 370 g/mol. The molecule has 6 nitrogen and oxygen atoms in total. The van der Waals surface area contributed by atoms with Gasteiger partial charge in [0.1, 0.15) is 5.52 Å². The Balaban J connectivity index is 1.31. The average molecular weight is 370 g/mol. The van der Waals surface area contributed by atoms with Crippen LogP contribution in [0.4, 0.5) is 6.01 Å². The van der Waals surface area contributed by atoms with Crippen LogP contribution in [0, 0.1) is 18.8 Å². The lowest BCUT2D eigenvalue weighted by Crippen LogP contribution is -2.49. The quantitative estimate of drug-likeness (QED) is 0.897. The van der Waals surface area contributed by atoms with Crippen molar-refractivity contribution in [1.82, 2.24) is 15.2 Å². The van der Waals surface area contributed by atoms with E-state index in [4.69, 9.17) is 4.42 Å². The number of aromatic nitrogens is 1. The number of benzene rings is 1. The molecule has 0 saturated carbocycles. The summed E-state index contributed by atoms with van der Waals surface area (Å²) < 4.78 is 5.91. The fraction of sp³-hybridized carbons (Fsp3) is 0.619. The predicted molar refractivity (Wildman–Crippen MR) is 107 cm³/mol. The molecule has 27 heavy (non-hydrogen) atoms. The molecule has 0 radical (unpaired) electrons. The first-order valence-corrected chi connectivity index (χ1v) is 10.2. The lowest BCUT2D eigenvalue weighted by molar-refractivity contribution is -0.132. The van der Waals surface area contributed by atoms with Gasteiger partial charge < -0.3 is 19.5 Å². The highest BCUT2D eigenvalue weighted by atomic mass is 16.4. The van der Waals surface area contributed by atoms with Crippen LogP contribution in [0.2, 0.25) is 0 Å². The summed E-state index contributed by atoms with van der Waals surface area (Å²) in [6.07, 6.45) is 3.06. The third-order valence-electron chi connectivity index (χ3n) is 6.12. The highest BCUT2D eigenvalue weighted by molar-refractivity contribution is 5.77. The molecule has 0 bridgehead atoms. The summed E-state index contributed by atoms with van der Waals surface area (Å²) in [5, 5.41) is 3.40. The van der Waals surface area contributed by atoms with E-state index in [0.29, 0.717) is 30.2 Å². The van der Waals surface area contributed by atoms with Crippen molar-refractivity contribution >= 4 is 23.0 Å². The van der Waals surface area contributed by atoms with E-state index in [9.17, 15) is 4.79 Å². The maximum Gasteiger partial charge on any atom is 0.298 e. The molecule has 1 aromatic heterocycles. The Morgan fingerprint density at radius 2 is 2.00 bits per heavy atom. The van der Waals surface area contributed by atoms with Gasteiger partial charge in [0.15, 0.2) is 5.58 Å². The predicted octanol–water partition coefficient (Wildman–Crippen LogP) is 2.81. The Morgan fingerprint density at radius 3 is 2.74 bits per heavy atom. The van der Waals surface area contributed by atoms with E-state index in [1.54, 1.807) is 0 Å². The Hall–Kier alpha value is -2.08. The summed E-state index contributed by atoms with van der Waals surface area (Å²) >= 11 is 0. The number of piperidine rings is 1. The van der Waals surface area contributed by atoms with E-state index >= 15 is 0 Å². The number of hydrogen-bond donors (Lipinski definition) is 1. The van der Waals surface area contributed by atoms with E-state index in [1.807, 2.05) is 23.1 Å². The van der Waals surface area contributed by atoms with Gasteiger partial charge in [-0.3, -0.25) is 4.79 Å². The maximum absolute atomic E-state index is 12.7. The second kappa shape index (κ2) is 7.89. The lowest BCUT2D eigenvalue weighted by Gasteiger charge is -2.35. The Bertz CT molecular complexity index is 789. The van der Waals surface area contributed by atoms with Crippen molar-refractivity contribution in [3.8, 4) is 0 Å². The average Bonchev–Trinajstić information content (AvgIpc) is 3.12. The van der Waals surface area contributed by atoms with Crippen LogP contribution in [0.3, 0.4) is 0 Å². The number of amides is 1. The first-order chi connectivity index (χ1) is 13.1. The molecular formula is C21H30N4O2. The lowest BCUT2D eigenvalue weighted by atomic mass is 9.84. The molecule has 2 aliphatic heterocycles. The second-order valence-electron chi connectivity index (χ2n) is 8.10. The van der Waals surface area contributed by atoms with Gasteiger partial charge in [-0.2, -0.15) is 4.98 Å². The largest absolute Gasteiger partial charge is 0.423 e. The van der Waals surface area contributed by atoms with Gasteiger partial charge >= 0.3 is 0 Å². The van der Waals surface area contributed by atoms with Gasteiger partial charge in [0.05, 0.1) is 0 Å². The van der Waals surface area contributed by atoms with Crippen LogP contribution in [0.15, 0.2) is 22.6 Å². The van der Waals surface area contributed by atoms with Gasteiger partial charge in [0.2, 0.25) is 5.91 Å². The molecule has 1 amide bonds. The molecule has 3 heterocycles.